The molecule has 3 nitrogen and oxygen atoms in total. The normalized spacial score (nSPS) is 10.1. The molecule has 2 aromatic rings. The molecule has 92 valence electrons. The summed E-state index contributed by atoms with van der Waals surface area (Å²) in [5.41, 5.74) is 2.13. The van der Waals surface area contributed by atoms with Gasteiger partial charge < -0.3 is 10.4 Å². The van der Waals surface area contributed by atoms with Gasteiger partial charge in [-0.15, -0.1) is 0 Å². The summed E-state index contributed by atoms with van der Waals surface area (Å²) in [5.74, 6) is -0.153. The maximum Gasteiger partial charge on any atom is 0.255 e. The second-order valence-electron chi connectivity index (χ2n) is 3.82. The number of halogens is 1. The van der Waals surface area contributed by atoms with Crippen LogP contribution in [0.2, 0.25) is 0 Å². The Morgan fingerprint density at radius 3 is 2.22 bits per heavy atom. The number of amides is 1. The Morgan fingerprint density at radius 2 is 1.67 bits per heavy atom. The van der Waals surface area contributed by atoms with E-state index in [0.29, 0.717) is 11.3 Å². The molecule has 2 rings (SSSR count). The summed E-state index contributed by atoms with van der Waals surface area (Å²) < 4.78 is 0.936. The lowest BCUT2D eigenvalue weighted by atomic mass is 10.2. The Labute approximate surface area is 114 Å². The molecule has 0 bridgehead atoms. The molecule has 0 saturated heterocycles. The van der Waals surface area contributed by atoms with Crippen molar-refractivity contribution in [2.24, 2.45) is 0 Å². The first-order valence-corrected chi connectivity index (χ1v) is 6.25. The first-order valence-electron chi connectivity index (χ1n) is 5.46. The van der Waals surface area contributed by atoms with Gasteiger partial charge in [0.25, 0.3) is 5.91 Å². The molecule has 4 heteroatoms. The third-order valence-electron chi connectivity index (χ3n) is 2.50. The fourth-order valence-electron chi connectivity index (χ4n) is 1.50. The van der Waals surface area contributed by atoms with Gasteiger partial charge in [-0.05, 0) is 42.0 Å². The summed E-state index contributed by atoms with van der Waals surface area (Å²) >= 11 is 3.32. The summed E-state index contributed by atoms with van der Waals surface area (Å²) in [6, 6.07) is 14.2. The summed E-state index contributed by atoms with van der Waals surface area (Å²) in [6.45, 7) is 0.000931. The third kappa shape index (κ3) is 3.18. The highest BCUT2D eigenvalue weighted by molar-refractivity contribution is 9.10. The van der Waals surface area contributed by atoms with Crippen LogP contribution in [0.4, 0.5) is 5.69 Å². The Morgan fingerprint density at radius 1 is 1.06 bits per heavy atom. The molecule has 0 atom stereocenters. The lowest BCUT2D eigenvalue weighted by Crippen LogP contribution is -2.11. The van der Waals surface area contributed by atoms with E-state index in [9.17, 15) is 4.79 Å². The summed E-state index contributed by atoms with van der Waals surface area (Å²) in [7, 11) is 0. The van der Waals surface area contributed by atoms with Gasteiger partial charge in [-0.3, -0.25) is 4.79 Å². The smallest absolute Gasteiger partial charge is 0.255 e. The SMILES string of the molecule is O=C(Nc1ccc(CO)cc1)c1ccc(Br)cc1. The van der Waals surface area contributed by atoms with Crippen molar-refractivity contribution in [1.82, 2.24) is 0 Å². The van der Waals surface area contributed by atoms with E-state index in [0.717, 1.165) is 10.0 Å². The van der Waals surface area contributed by atoms with Crippen LogP contribution in [0.5, 0.6) is 0 Å². The Kier molecular flexibility index (Phi) is 4.12. The van der Waals surface area contributed by atoms with E-state index in [1.165, 1.54) is 0 Å². The van der Waals surface area contributed by atoms with Crippen LogP contribution in [0.3, 0.4) is 0 Å². The van der Waals surface area contributed by atoms with E-state index >= 15 is 0 Å². The number of rotatable bonds is 3. The maximum absolute atomic E-state index is 11.9. The second-order valence-corrected chi connectivity index (χ2v) is 4.73. The average Bonchev–Trinajstić information content (AvgIpc) is 2.40. The largest absolute Gasteiger partial charge is 0.392 e. The Hall–Kier alpha value is -1.65. The van der Waals surface area contributed by atoms with Crippen LogP contribution in [0.25, 0.3) is 0 Å². The molecule has 1 amide bonds. The van der Waals surface area contributed by atoms with Crippen molar-refractivity contribution in [3.63, 3.8) is 0 Å². The number of hydrogen-bond acceptors (Lipinski definition) is 2. The number of carbonyl (C=O) groups excluding carboxylic acids is 1. The van der Waals surface area contributed by atoms with Crippen molar-refractivity contribution in [1.29, 1.82) is 0 Å². The van der Waals surface area contributed by atoms with Gasteiger partial charge in [0.05, 0.1) is 6.61 Å². The van der Waals surface area contributed by atoms with Crippen LogP contribution in [0, 0.1) is 0 Å². The predicted octanol–water partition coefficient (Wildman–Crippen LogP) is 3.19. The van der Waals surface area contributed by atoms with Gasteiger partial charge in [0, 0.05) is 15.7 Å². The van der Waals surface area contributed by atoms with Crippen molar-refractivity contribution >= 4 is 27.5 Å². The first-order chi connectivity index (χ1) is 8.69. The Bertz CT molecular complexity index is 535. The second kappa shape index (κ2) is 5.80. The van der Waals surface area contributed by atoms with Crippen molar-refractivity contribution < 1.29 is 9.90 Å². The molecule has 0 aliphatic rings. The summed E-state index contributed by atoms with van der Waals surface area (Å²) in [6.07, 6.45) is 0. The van der Waals surface area contributed by atoms with Crippen LogP contribution in [-0.4, -0.2) is 11.0 Å². The van der Waals surface area contributed by atoms with Crippen molar-refractivity contribution in [2.75, 3.05) is 5.32 Å². The van der Waals surface area contributed by atoms with Crippen LogP contribution in [-0.2, 0) is 6.61 Å². The summed E-state index contributed by atoms with van der Waals surface area (Å²) in [4.78, 5) is 11.9. The standard InChI is InChI=1S/C14H12BrNO2/c15-12-5-3-11(4-6-12)14(18)16-13-7-1-10(9-17)2-8-13/h1-8,17H,9H2,(H,16,18). The monoisotopic (exact) mass is 305 g/mol. The predicted molar refractivity (Wildman–Crippen MR) is 74.5 cm³/mol. The van der Waals surface area contributed by atoms with E-state index < -0.39 is 0 Å². The van der Waals surface area contributed by atoms with Gasteiger partial charge in [0.2, 0.25) is 0 Å². The van der Waals surface area contributed by atoms with Crippen molar-refractivity contribution in [3.05, 3.63) is 64.1 Å². The number of aliphatic hydroxyl groups is 1. The molecule has 0 spiro atoms. The molecule has 0 fully saturated rings. The zero-order valence-corrected chi connectivity index (χ0v) is 11.1. The maximum atomic E-state index is 11.9. The molecule has 0 unspecified atom stereocenters. The Balaban J connectivity index is 2.08. The highest BCUT2D eigenvalue weighted by Gasteiger charge is 2.05. The van der Waals surface area contributed by atoms with Crippen LogP contribution >= 0.6 is 15.9 Å². The quantitative estimate of drug-likeness (QED) is 0.915. The van der Waals surface area contributed by atoms with Gasteiger partial charge in [-0.2, -0.15) is 0 Å². The fraction of sp³-hybridized carbons (Fsp3) is 0.0714. The van der Waals surface area contributed by atoms with E-state index in [1.807, 2.05) is 12.1 Å². The molecule has 0 aliphatic heterocycles. The van der Waals surface area contributed by atoms with E-state index in [4.69, 9.17) is 5.11 Å². The number of benzene rings is 2. The zero-order chi connectivity index (χ0) is 13.0. The first kappa shape index (κ1) is 12.8. The number of hydrogen-bond donors (Lipinski definition) is 2. The van der Waals surface area contributed by atoms with E-state index in [2.05, 4.69) is 21.2 Å². The van der Waals surface area contributed by atoms with Gasteiger partial charge in [0.1, 0.15) is 0 Å². The molecule has 2 N–H and O–H groups in total. The minimum atomic E-state index is -0.153. The highest BCUT2D eigenvalue weighted by atomic mass is 79.9. The highest BCUT2D eigenvalue weighted by Crippen LogP contribution is 2.14. The summed E-state index contributed by atoms with van der Waals surface area (Å²) in [5, 5.41) is 11.7. The van der Waals surface area contributed by atoms with E-state index in [1.54, 1.807) is 36.4 Å². The van der Waals surface area contributed by atoms with Crippen LogP contribution in [0.15, 0.2) is 53.0 Å². The van der Waals surface area contributed by atoms with Crippen molar-refractivity contribution in [2.45, 2.75) is 6.61 Å². The van der Waals surface area contributed by atoms with Gasteiger partial charge in [-0.1, -0.05) is 28.1 Å². The molecule has 0 aliphatic carbocycles. The minimum Gasteiger partial charge on any atom is -0.392 e. The molecule has 18 heavy (non-hydrogen) atoms. The molecular weight excluding hydrogens is 294 g/mol. The van der Waals surface area contributed by atoms with Gasteiger partial charge in [0.15, 0.2) is 0 Å². The lowest BCUT2D eigenvalue weighted by Gasteiger charge is -2.06. The fourth-order valence-corrected chi connectivity index (χ4v) is 1.76. The minimum absolute atomic E-state index is 0.000931. The third-order valence-corrected chi connectivity index (χ3v) is 3.03. The van der Waals surface area contributed by atoms with Gasteiger partial charge in [-0.25, -0.2) is 0 Å². The molecular formula is C14H12BrNO2. The van der Waals surface area contributed by atoms with Gasteiger partial charge >= 0.3 is 0 Å². The number of anilines is 1. The van der Waals surface area contributed by atoms with Crippen molar-refractivity contribution in [3.8, 4) is 0 Å². The zero-order valence-electron chi connectivity index (χ0n) is 9.56. The topological polar surface area (TPSA) is 49.3 Å². The van der Waals surface area contributed by atoms with Crippen LogP contribution in [0.1, 0.15) is 15.9 Å². The number of carbonyl (C=O) groups is 1. The number of nitrogens with one attached hydrogen (secondary N) is 1. The number of aliphatic hydroxyl groups excluding tert-OH is 1. The van der Waals surface area contributed by atoms with E-state index in [-0.39, 0.29) is 12.5 Å². The van der Waals surface area contributed by atoms with Crippen LogP contribution < -0.4 is 5.32 Å². The molecule has 0 radical (unpaired) electrons. The molecule has 0 heterocycles. The molecule has 2 aromatic carbocycles. The lowest BCUT2D eigenvalue weighted by molar-refractivity contribution is 0.102. The molecule has 0 saturated carbocycles. The molecule has 0 aromatic heterocycles. The average molecular weight is 306 g/mol.